The molecular weight excluding hydrogens is 218 g/mol. The van der Waals surface area contributed by atoms with E-state index in [0.717, 1.165) is 5.69 Å². The monoisotopic (exact) mass is 245 g/mol. The number of hydrogen-bond acceptors (Lipinski definition) is 1. The molecule has 0 fully saturated rings. The van der Waals surface area contributed by atoms with Gasteiger partial charge in [-0.1, -0.05) is 53.3 Å². The molecule has 0 aromatic carbocycles. The Labute approximate surface area is 113 Å². The molecule has 1 heterocycles. The fourth-order valence-corrected chi connectivity index (χ4v) is 1.77. The van der Waals surface area contributed by atoms with Gasteiger partial charge in [-0.15, -0.1) is 0 Å². The molecule has 0 radical (unpaired) electrons. The van der Waals surface area contributed by atoms with Gasteiger partial charge in [-0.2, -0.15) is 0 Å². The summed E-state index contributed by atoms with van der Waals surface area (Å²) in [5.41, 5.74) is 3.53. The van der Waals surface area contributed by atoms with Gasteiger partial charge in [0.1, 0.15) is 0 Å². The van der Waals surface area contributed by atoms with E-state index in [-0.39, 0.29) is 0 Å². The van der Waals surface area contributed by atoms with Crippen molar-refractivity contribution in [3.8, 4) is 0 Å². The van der Waals surface area contributed by atoms with Crippen LogP contribution in [0.3, 0.4) is 0 Å². The summed E-state index contributed by atoms with van der Waals surface area (Å²) in [6, 6.07) is 2.11. The Kier molecular flexibility index (Phi) is 8.02. The first-order valence-corrected chi connectivity index (χ1v) is 6.85. The Morgan fingerprint density at radius 1 is 1.22 bits per heavy atom. The molecule has 100 valence electrons. The topological polar surface area (TPSA) is 12.9 Å². The predicted molar refractivity (Wildman–Crippen MR) is 83.6 cm³/mol. The van der Waals surface area contributed by atoms with E-state index in [1.165, 1.54) is 11.1 Å². The van der Waals surface area contributed by atoms with Gasteiger partial charge in [-0.3, -0.25) is 4.98 Å². The van der Waals surface area contributed by atoms with Crippen molar-refractivity contribution in [1.82, 2.24) is 4.98 Å². The van der Waals surface area contributed by atoms with Crippen molar-refractivity contribution in [3.05, 3.63) is 41.7 Å². The standard InChI is InChI=1S/C15H21N.C2H6/c1-6-8-15-13(7-2)14(9-10-16-15)12(5)11(3)4;1-2/h6-12H,2H2,1,3-5H3;1-2H3/b8-6-;. The molecule has 1 atom stereocenters. The summed E-state index contributed by atoms with van der Waals surface area (Å²) in [6.45, 7) is 16.7. The lowest BCUT2D eigenvalue weighted by Gasteiger charge is -2.19. The van der Waals surface area contributed by atoms with Gasteiger partial charge in [-0.05, 0) is 36.5 Å². The Balaban J connectivity index is 0.00000137. The highest BCUT2D eigenvalue weighted by atomic mass is 14.7. The highest BCUT2D eigenvalue weighted by Gasteiger charge is 2.14. The lowest BCUT2D eigenvalue weighted by Crippen LogP contribution is -2.05. The van der Waals surface area contributed by atoms with E-state index in [0.29, 0.717) is 11.8 Å². The zero-order chi connectivity index (χ0) is 14.1. The summed E-state index contributed by atoms with van der Waals surface area (Å²) in [5, 5.41) is 0. The fraction of sp³-hybridized carbons (Fsp3) is 0.471. The van der Waals surface area contributed by atoms with Crippen LogP contribution in [0.4, 0.5) is 0 Å². The van der Waals surface area contributed by atoms with Crippen molar-refractivity contribution in [3.63, 3.8) is 0 Å². The molecule has 1 aromatic heterocycles. The van der Waals surface area contributed by atoms with E-state index in [1.807, 2.05) is 45.2 Å². The first kappa shape index (κ1) is 16.6. The van der Waals surface area contributed by atoms with E-state index < -0.39 is 0 Å². The average molecular weight is 245 g/mol. The van der Waals surface area contributed by atoms with Crippen molar-refractivity contribution in [2.75, 3.05) is 0 Å². The number of rotatable bonds is 4. The van der Waals surface area contributed by atoms with Gasteiger partial charge in [0, 0.05) is 11.8 Å². The van der Waals surface area contributed by atoms with Crippen molar-refractivity contribution in [1.29, 1.82) is 0 Å². The van der Waals surface area contributed by atoms with Crippen LogP contribution < -0.4 is 0 Å². The van der Waals surface area contributed by atoms with E-state index in [2.05, 4.69) is 38.4 Å². The normalized spacial score (nSPS) is 12.2. The van der Waals surface area contributed by atoms with Gasteiger partial charge in [0.15, 0.2) is 0 Å². The summed E-state index contributed by atoms with van der Waals surface area (Å²) in [6.07, 6.45) is 7.85. The minimum atomic E-state index is 0.528. The van der Waals surface area contributed by atoms with Crippen LogP contribution in [0.2, 0.25) is 0 Å². The third-order valence-electron chi connectivity index (χ3n) is 3.07. The molecule has 0 aliphatic rings. The molecule has 0 saturated carbocycles. The highest BCUT2D eigenvalue weighted by Crippen LogP contribution is 2.28. The van der Waals surface area contributed by atoms with Gasteiger partial charge in [-0.25, -0.2) is 0 Å². The largest absolute Gasteiger partial charge is 0.256 e. The molecule has 0 amide bonds. The maximum atomic E-state index is 4.38. The number of allylic oxidation sites excluding steroid dienone is 1. The maximum Gasteiger partial charge on any atom is 0.0701 e. The Morgan fingerprint density at radius 2 is 1.83 bits per heavy atom. The second-order valence-electron chi connectivity index (χ2n) is 4.44. The van der Waals surface area contributed by atoms with E-state index in [4.69, 9.17) is 0 Å². The molecule has 1 unspecified atom stereocenters. The van der Waals surface area contributed by atoms with Crippen LogP contribution in [0.25, 0.3) is 12.2 Å². The van der Waals surface area contributed by atoms with Crippen LogP contribution in [0, 0.1) is 5.92 Å². The highest BCUT2D eigenvalue weighted by molar-refractivity contribution is 5.64. The minimum Gasteiger partial charge on any atom is -0.256 e. The molecule has 0 aliphatic carbocycles. The minimum absolute atomic E-state index is 0.528. The van der Waals surface area contributed by atoms with Crippen molar-refractivity contribution in [2.24, 2.45) is 5.92 Å². The zero-order valence-electron chi connectivity index (χ0n) is 12.7. The summed E-state index contributed by atoms with van der Waals surface area (Å²) in [7, 11) is 0. The van der Waals surface area contributed by atoms with Crippen LogP contribution in [-0.4, -0.2) is 4.98 Å². The van der Waals surface area contributed by atoms with E-state index >= 15 is 0 Å². The van der Waals surface area contributed by atoms with Gasteiger partial charge in [0.25, 0.3) is 0 Å². The molecule has 1 nitrogen and oxygen atoms in total. The maximum absolute atomic E-state index is 4.38. The van der Waals surface area contributed by atoms with Crippen molar-refractivity contribution >= 4 is 12.2 Å². The fourth-order valence-electron chi connectivity index (χ4n) is 1.77. The number of aromatic nitrogens is 1. The quantitative estimate of drug-likeness (QED) is 0.678. The molecule has 1 aromatic rings. The Bertz CT molecular complexity index is 389. The Morgan fingerprint density at radius 3 is 2.28 bits per heavy atom. The molecule has 0 bridgehead atoms. The first-order valence-electron chi connectivity index (χ1n) is 6.85. The molecular formula is C17H27N. The number of hydrogen-bond donors (Lipinski definition) is 0. The second kappa shape index (κ2) is 8.68. The summed E-state index contributed by atoms with van der Waals surface area (Å²) in [4.78, 5) is 4.38. The summed E-state index contributed by atoms with van der Waals surface area (Å²) >= 11 is 0. The van der Waals surface area contributed by atoms with Gasteiger partial charge in [0.2, 0.25) is 0 Å². The third kappa shape index (κ3) is 4.14. The zero-order valence-corrected chi connectivity index (χ0v) is 12.7. The molecule has 18 heavy (non-hydrogen) atoms. The molecule has 0 spiro atoms. The van der Waals surface area contributed by atoms with Crippen molar-refractivity contribution in [2.45, 2.75) is 47.5 Å². The molecule has 1 rings (SSSR count). The molecule has 0 aliphatic heterocycles. The Hall–Kier alpha value is -1.37. The van der Waals surface area contributed by atoms with Crippen LogP contribution in [0.1, 0.15) is 64.3 Å². The second-order valence-corrected chi connectivity index (χ2v) is 4.44. The SMILES string of the molecule is C=Cc1c(C(C)C(C)C)ccnc1/C=C\C.CC. The van der Waals surface area contributed by atoms with E-state index in [1.54, 1.807) is 0 Å². The van der Waals surface area contributed by atoms with E-state index in [9.17, 15) is 0 Å². The van der Waals surface area contributed by atoms with Crippen LogP contribution in [-0.2, 0) is 0 Å². The number of pyridine rings is 1. The van der Waals surface area contributed by atoms with Crippen LogP contribution in [0.15, 0.2) is 24.9 Å². The van der Waals surface area contributed by atoms with Crippen LogP contribution >= 0.6 is 0 Å². The number of nitrogens with zero attached hydrogens (tertiary/aromatic N) is 1. The van der Waals surface area contributed by atoms with Gasteiger partial charge < -0.3 is 0 Å². The lowest BCUT2D eigenvalue weighted by atomic mass is 9.87. The predicted octanol–water partition coefficient (Wildman–Crippen LogP) is 5.54. The molecule has 0 saturated heterocycles. The van der Waals surface area contributed by atoms with Gasteiger partial charge >= 0.3 is 0 Å². The smallest absolute Gasteiger partial charge is 0.0701 e. The van der Waals surface area contributed by atoms with Crippen molar-refractivity contribution < 1.29 is 0 Å². The molecule has 1 heteroatoms. The molecule has 0 N–H and O–H groups in total. The lowest BCUT2D eigenvalue weighted by molar-refractivity contribution is 0.534. The average Bonchev–Trinajstić information content (AvgIpc) is 2.40. The van der Waals surface area contributed by atoms with Gasteiger partial charge in [0.05, 0.1) is 5.69 Å². The summed E-state index contributed by atoms with van der Waals surface area (Å²) in [5.74, 6) is 1.15. The third-order valence-corrected chi connectivity index (χ3v) is 3.07. The first-order chi connectivity index (χ1) is 8.61. The van der Waals surface area contributed by atoms with Crippen LogP contribution in [0.5, 0.6) is 0 Å². The summed E-state index contributed by atoms with van der Waals surface area (Å²) < 4.78 is 0.